The third-order valence-electron chi connectivity index (χ3n) is 10.9. The molecule has 3 aromatic heterocycles. The molecule has 254 valence electrons. The first-order valence-corrected chi connectivity index (χ1v) is 18.2. The van der Waals surface area contributed by atoms with Gasteiger partial charge < -0.3 is 13.6 Å². The Bertz CT molecular complexity index is 3420. The Morgan fingerprint density at radius 2 is 1.02 bits per heavy atom. The van der Waals surface area contributed by atoms with E-state index in [4.69, 9.17) is 4.42 Å². The molecule has 0 N–H and O–H groups in total. The Balaban J connectivity index is 1.12. The Labute approximate surface area is 315 Å². The number of nitriles is 2. The number of nitrogens with zero attached hydrogens (tertiary/aromatic N) is 4. The van der Waals surface area contributed by atoms with Crippen LogP contribution in [-0.2, 0) is 0 Å². The summed E-state index contributed by atoms with van der Waals surface area (Å²) in [7, 11) is 0. The molecule has 5 nitrogen and oxygen atoms in total. The van der Waals surface area contributed by atoms with Gasteiger partial charge in [-0.15, -0.1) is 0 Å². The van der Waals surface area contributed by atoms with Crippen molar-refractivity contribution in [3.8, 4) is 45.8 Å². The number of furan rings is 1. The quantitative estimate of drug-likeness (QED) is 0.183. The maximum atomic E-state index is 10.4. The summed E-state index contributed by atoms with van der Waals surface area (Å²) in [5.41, 5.74) is 12.9. The Morgan fingerprint density at radius 3 is 1.78 bits per heavy atom. The van der Waals surface area contributed by atoms with E-state index in [0.29, 0.717) is 11.1 Å². The number of rotatable bonds is 4. The highest BCUT2D eigenvalue weighted by molar-refractivity contribution is 6.24. The molecule has 0 amide bonds. The summed E-state index contributed by atoms with van der Waals surface area (Å²) < 4.78 is 11.1. The lowest BCUT2D eigenvalue weighted by atomic mass is 9.93. The fraction of sp³-hybridized carbons (Fsp3) is 0. The van der Waals surface area contributed by atoms with Crippen molar-refractivity contribution in [1.29, 1.82) is 10.5 Å². The van der Waals surface area contributed by atoms with Crippen molar-refractivity contribution in [3.63, 3.8) is 0 Å². The van der Waals surface area contributed by atoms with Gasteiger partial charge in [0.25, 0.3) is 0 Å². The highest BCUT2D eigenvalue weighted by atomic mass is 16.3. The first-order chi connectivity index (χ1) is 27.2. The normalized spacial score (nSPS) is 11.6. The molecular weight excluding hydrogens is 673 g/mol. The minimum Gasteiger partial charge on any atom is -0.455 e. The third-order valence-corrected chi connectivity index (χ3v) is 10.9. The number of benzene rings is 8. The van der Waals surface area contributed by atoms with Crippen molar-refractivity contribution in [2.75, 3.05) is 0 Å². The largest absolute Gasteiger partial charge is 0.455 e. The number of fused-ring (bicyclic) bond motifs is 10. The van der Waals surface area contributed by atoms with E-state index >= 15 is 0 Å². The molecule has 0 aliphatic heterocycles. The summed E-state index contributed by atoms with van der Waals surface area (Å²) >= 11 is 0. The van der Waals surface area contributed by atoms with Crippen molar-refractivity contribution in [2.45, 2.75) is 0 Å². The topological polar surface area (TPSA) is 70.6 Å². The molecule has 0 aliphatic rings. The summed E-state index contributed by atoms with van der Waals surface area (Å²) in [6, 6.07) is 63.1. The van der Waals surface area contributed by atoms with Crippen molar-refractivity contribution in [1.82, 2.24) is 9.13 Å². The average Bonchev–Trinajstić information content (AvgIpc) is 3.91. The standard InChI is InChI=1S/C50H28N4O/c51-29-31-20-22-46-43(26-31)49-47(23-21-42-41-16-5-8-19-48(41)55-50(42)49)54(46)36-25-32(30-52)24-34(28-36)38-13-2-1-12-37(38)33-10-9-11-35(27-33)53-44-17-6-3-14-39(44)40-15-4-7-18-45(40)53/h1-28H. The van der Waals surface area contributed by atoms with Crippen LogP contribution >= 0.6 is 0 Å². The predicted molar refractivity (Wildman–Crippen MR) is 223 cm³/mol. The zero-order chi connectivity index (χ0) is 36.6. The van der Waals surface area contributed by atoms with Crippen LogP contribution in [-0.4, -0.2) is 9.13 Å². The minimum atomic E-state index is 0.551. The number of hydrogen-bond acceptors (Lipinski definition) is 3. The van der Waals surface area contributed by atoms with Gasteiger partial charge in [-0.3, -0.25) is 0 Å². The lowest BCUT2D eigenvalue weighted by Crippen LogP contribution is -1.97. The van der Waals surface area contributed by atoms with Crippen LogP contribution in [0.25, 0.3) is 99.2 Å². The van der Waals surface area contributed by atoms with Crippen LogP contribution < -0.4 is 0 Å². The van der Waals surface area contributed by atoms with Gasteiger partial charge in [0.2, 0.25) is 0 Å². The van der Waals surface area contributed by atoms with Crippen molar-refractivity contribution >= 4 is 65.6 Å². The molecule has 0 saturated heterocycles. The second-order valence-electron chi connectivity index (χ2n) is 14.0. The van der Waals surface area contributed by atoms with E-state index in [-0.39, 0.29) is 0 Å². The zero-order valence-electron chi connectivity index (χ0n) is 29.4. The molecule has 0 unspecified atom stereocenters. The van der Waals surface area contributed by atoms with Gasteiger partial charge in [0.1, 0.15) is 11.2 Å². The monoisotopic (exact) mass is 700 g/mol. The zero-order valence-corrected chi connectivity index (χ0v) is 29.4. The van der Waals surface area contributed by atoms with Gasteiger partial charge in [0.15, 0.2) is 0 Å². The molecule has 11 aromatic rings. The molecule has 11 rings (SSSR count). The van der Waals surface area contributed by atoms with Gasteiger partial charge in [-0.05, 0) is 101 Å². The van der Waals surface area contributed by atoms with Crippen molar-refractivity contribution < 1.29 is 4.42 Å². The van der Waals surface area contributed by atoms with E-state index in [1.54, 1.807) is 0 Å². The minimum absolute atomic E-state index is 0.551. The van der Waals surface area contributed by atoms with Gasteiger partial charge in [-0.25, -0.2) is 0 Å². The average molecular weight is 701 g/mol. The second kappa shape index (κ2) is 11.8. The van der Waals surface area contributed by atoms with Crippen LogP contribution in [0.3, 0.4) is 0 Å². The van der Waals surface area contributed by atoms with E-state index in [1.807, 2.05) is 48.5 Å². The van der Waals surface area contributed by atoms with Crippen molar-refractivity contribution in [3.05, 3.63) is 181 Å². The van der Waals surface area contributed by atoms with Gasteiger partial charge in [0, 0.05) is 38.3 Å². The Morgan fingerprint density at radius 1 is 0.400 bits per heavy atom. The van der Waals surface area contributed by atoms with Crippen LogP contribution in [0.5, 0.6) is 0 Å². The Hall–Kier alpha value is -7.86. The predicted octanol–water partition coefficient (Wildman–Crippen LogP) is 12.9. The molecule has 0 radical (unpaired) electrons. The van der Waals surface area contributed by atoms with Crippen LogP contribution in [0.2, 0.25) is 0 Å². The van der Waals surface area contributed by atoms with Crippen LogP contribution in [0.15, 0.2) is 174 Å². The summed E-state index contributed by atoms with van der Waals surface area (Å²) in [5.74, 6) is 0. The molecule has 0 atom stereocenters. The maximum absolute atomic E-state index is 10.4. The van der Waals surface area contributed by atoms with Crippen LogP contribution in [0.1, 0.15) is 11.1 Å². The van der Waals surface area contributed by atoms with E-state index in [9.17, 15) is 10.5 Å². The smallest absolute Gasteiger partial charge is 0.145 e. The van der Waals surface area contributed by atoms with Crippen LogP contribution in [0, 0.1) is 22.7 Å². The van der Waals surface area contributed by atoms with E-state index in [2.05, 4.69) is 143 Å². The SMILES string of the molecule is N#Cc1cc(-c2ccccc2-c2cccc(-n3c4ccccc4c4ccccc43)c2)cc(-n2c3ccc(C#N)cc3c3c4oc5ccccc5c4ccc32)c1. The molecule has 0 spiro atoms. The van der Waals surface area contributed by atoms with Gasteiger partial charge in [-0.2, -0.15) is 10.5 Å². The van der Waals surface area contributed by atoms with E-state index in [1.165, 1.54) is 10.8 Å². The second-order valence-corrected chi connectivity index (χ2v) is 14.0. The lowest BCUT2D eigenvalue weighted by molar-refractivity contribution is 0.673. The summed E-state index contributed by atoms with van der Waals surface area (Å²) in [6.45, 7) is 0. The molecule has 0 bridgehead atoms. The van der Waals surface area contributed by atoms with Crippen LogP contribution in [0.4, 0.5) is 0 Å². The molecular formula is C50H28N4O. The number of hydrogen-bond donors (Lipinski definition) is 0. The lowest BCUT2D eigenvalue weighted by Gasteiger charge is -2.15. The highest BCUT2D eigenvalue weighted by Gasteiger charge is 2.21. The first-order valence-electron chi connectivity index (χ1n) is 18.2. The van der Waals surface area contributed by atoms with Crippen molar-refractivity contribution in [2.24, 2.45) is 0 Å². The van der Waals surface area contributed by atoms with Gasteiger partial charge >= 0.3 is 0 Å². The molecule has 5 heteroatoms. The third kappa shape index (κ3) is 4.58. The molecule has 0 saturated carbocycles. The fourth-order valence-corrected chi connectivity index (χ4v) is 8.59. The molecule has 3 heterocycles. The number of aromatic nitrogens is 2. The molecule has 8 aromatic carbocycles. The maximum Gasteiger partial charge on any atom is 0.145 e. The summed E-state index contributed by atoms with van der Waals surface area (Å²) in [6.07, 6.45) is 0. The summed E-state index contributed by atoms with van der Waals surface area (Å²) in [4.78, 5) is 0. The molecule has 0 aliphatic carbocycles. The Kier molecular flexibility index (Phi) is 6.61. The van der Waals surface area contributed by atoms with Gasteiger partial charge in [0.05, 0.1) is 50.7 Å². The number of para-hydroxylation sites is 3. The molecule has 55 heavy (non-hydrogen) atoms. The first kappa shape index (κ1) is 30.7. The molecule has 0 fully saturated rings. The van der Waals surface area contributed by atoms with E-state index < -0.39 is 0 Å². The van der Waals surface area contributed by atoms with Gasteiger partial charge in [-0.1, -0.05) is 91.0 Å². The summed E-state index contributed by atoms with van der Waals surface area (Å²) in [5, 5.41) is 26.7. The fourth-order valence-electron chi connectivity index (χ4n) is 8.59. The van der Waals surface area contributed by atoms with E-state index in [0.717, 1.165) is 88.4 Å². The highest BCUT2D eigenvalue weighted by Crippen LogP contribution is 2.42.